The van der Waals surface area contributed by atoms with Gasteiger partial charge in [0.1, 0.15) is 12.1 Å². The number of benzene rings is 1. The van der Waals surface area contributed by atoms with Crippen LogP contribution in [0, 0.1) is 0 Å². The number of aliphatic hydroxyl groups is 1. The number of anilines is 1. The summed E-state index contributed by atoms with van der Waals surface area (Å²) in [5.74, 6) is 0.756. The fraction of sp³-hybridized carbons (Fsp3) is 0.280. The first-order chi connectivity index (χ1) is 15.8. The molecule has 4 aromatic rings. The van der Waals surface area contributed by atoms with E-state index < -0.39 is 5.60 Å². The first-order valence-corrected chi connectivity index (χ1v) is 11.1. The largest absolute Gasteiger partial charge is 0.389 e. The van der Waals surface area contributed by atoms with E-state index in [0.717, 1.165) is 43.9 Å². The highest BCUT2D eigenvalue weighted by atomic mass is 35.5. The van der Waals surface area contributed by atoms with E-state index in [2.05, 4.69) is 37.5 Å². The molecule has 33 heavy (non-hydrogen) atoms. The van der Waals surface area contributed by atoms with Crippen molar-refractivity contribution in [3.63, 3.8) is 0 Å². The number of hydrogen-bond acceptors (Lipinski definition) is 6. The lowest BCUT2D eigenvalue weighted by atomic mass is 10.0. The van der Waals surface area contributed by atoms with Crippen LogP contribution in [0.1, 0.15) is 26.3 Å². The van der Waals surface area contributed by atoms with Crippen molar-refractivity contribution < 1.29 is 5.11 Å². The van der Waals surface area contributed by atoms with E-state index in [0.29, 0.717) is 19.5 Å². The molecule has 0 saturated heterocycles. The van der Waals surface area contributed by atoms with Crippen molar-refractivity contribution in [2.75, 3.05) is 11.9 Å². The molecule has 3 heterocycles. The molecule has 0 saturated carbocycles. The third-order valence-corrected chi connectivity index (χ3v) is 5.66. The molecule has 4 rings (SSSR count). The van der Waals surface area contributed by atoms with Gasteiger partial charge in [-0.25, -0.2) is 15.0 Å². The topological polar surface area (TPSA) is 88.8 Å². The average molecular weight is 463 g/mol. The summed E-state index contributed by atoms with van der Waals surface area (Å²) in [6.45, 7) is 6.47. The van der Waals surface area contributed by atoms with Crippen LogP contribution >= 0.6 is 11.6 Å². The molecular formula is C25H27ClN6O. The van der Waals surface area contributed by atoms with Crippen molar-refractivity contribution >= 4 is 28.2 Å². The van der Waals surface area contributed by atoms with Crippen LogP contribution < -0.4 is 5.32 Å². The summed E-state index contributed by atoms with van der Waals surface area (Å²) in [6, 6.07) is 8.24. The predicted molar refractivity (Wildman–Crippen MR) is 132 cm³/mol. The molecule has 0 spiro atoms. The highest BCUT2D eigenvalue weighted by Crippen LogP contribution is 2.26. The zero-order chi connectivity index (χ0) is 23.4. The summed E-state index contributed by atoms with van der Waals surface area (Å²) in [5, 5.41) is 20.6. The van der Waals surface area contributed by atoms with Gasteiger partial charge < -0.3 is 10.4 Å². The van der Waals surface area contributed by atoms with Crippen LogP contribution in [0.5, 0.6) is 0 Å². The van der Waals surface area contributed by atoms with Crippen molar-refractivity contribution in [2.24, 2.45) is 0 Å². The summed E-state index contributed by atoms with van der Waals surface area (Å²) in [6.07, 6.45) is 11.4. The fourth-order valence-electron chi connectivity index (χ4n) is 3.56. The van der Waals surface area contributed by atoms with Crippen LogP contribution in [0.25, 0.3) is 21.9 Å². The Kier molecular flexibility index (Phi) is 6.72. The van der Waals surface area contributed by atoms with E-state index in [1.807, 2.05) is 37.6 Å². The van der Waals surface area contributed by atoms with E-state index >= 15 is 0 Å². The van der Waals surface area contributed by atoms with Gasteiger partial charge in [0.2, 0.25) is 0 Å². The number of rotatable bonds is 8. The summed E-state index contributed by atoms with van der Waals surface area (Å²) >= 11 is 6.52. The van der Waals surface area contributed by atoms with Crippen LogP contribution in [0.3, 0.4) is 0 Å². The minimum Gasteiger partial charge on any atom is -0.389 e. The molecular weight excluding hydrogens is 436 g/mol. The molecule has 0 aliphatic carbocycles. The predicted octanol–water partition coefficient (Wildman–Crippen LogP) is 4.83. The molecule has 0 aliphatic heterocycles. The molecule has 0 atom stereocenters. The number of allylic oxidation sites excluding steroid dienone is 1. The van der Waals surface area contributed by atoms with Gasteiger partial charge in [-0.3, -0.25) is 4.68 Å². The molecule has 8 heteroatoms. The number of aromatic nitrogens is 5. The molecule has 170 valence electrons. The highest BCUT2D eigenvalue weighted by molar-refractivity contribution is 6.30. The van der Waals surface area contributed by atoms with Gasteiger partial charge >= 0.3 is 0 Å². The molecule has 2 N–H and O–H groups in total. The highest BCUT2D eigenvalue weighted by Gasteiger charge is 2.14. The van der Waals surface area contributed by atoms with Crippen LogP contribution in [0.15, 0.2) is 72.2 Å². The summed E-state index contributed by atoms with van der Waals surface area (Å²) in [4.78, 5) is 12.6. The van der Waals surface area contributed by atoms with E-state index in [1.54, 1.807) is 30.9 Å². The van der Waals surface area contributed by atoms with Gasteiger partial charge in [-0.1, -0.05) is 29.3 Å². The lowest BCUT2D eigenvalue weighted by Crippen LogP contribution is -2.26. The van der Waals surface area contributed by atoms with Gasteiger partial charge in [-0.05, 0) is 55.8 Å². The fourth-order valence-corrected chi connectivity index (χ4v) is 3.69. The molecule has 7 nitrogen and oxygen atoms in total. The average Bonchev–Trinajstić information content (AvgIpc) is 3.24. The molecule has 0 bridgehead atoms. The van der Waals surface area contributed by atoms with Crippen LogP contribution in [0.4, 0.5) is 5.82 Å². The first-order valence-electron chi connectivity index (χ1n) is 10.7. The lowest BCUT2D eigenvalue weighted by Gasteiger charge is -2.16. The molecule has 0 unspecified atom stereocenters. The van der Waals surface area contributed by atoms with Crippen LogP contribution in [-0.4, -0.2) is 42.0 Å². The Balaban J connectivity index is 1.48. The lowest BCUT2D eigenvalue weighted by molar-refractivity contribution is 0.0577. The van der Waals surface area contributed by atoms with E-state index in [1.165, 1.54) is 6.33 Å². The monoisotopic (exact) mass is 462 g/mol. The molecule has 0 amide bonds. The standard InChI is InChI=1S/C25H27ClN6O/c1-17(6-18-9-27-16-28-10-18)23(26)13-30-24-8-21-7-19(4-5-20(21)11-29-24)22-12-31-32(14-22)15-25(2,3)33/h4-5,7-12,14,16,33H,6,13,15H2,1-3H3,(H,29,30). The third-order valence-electron chi connectivity index (χ3n) is 5.21. The van der Waals surface area contributed by atoms with Gasteiger partial charge in [0.25, 0.3) is 0 Å². The molecule has 3 aromatic heterocycles. The maximum Gasteiger partial charge on any atom is 0.126 e. The number of halogens is 1. The smallest absolute Gasteiger partial charge is 0.126 e. The third kappa shape index (κ3) is 6.15. The van der Waals surface area contributed by atoms with E-state index in [4.69, 9.17) is 11.6 Å². The molecule has 1 aromatic carbocycles. The number of nitrogens with zero attached hydrogens (tertiary/aromatic N) is 5. The Morgan fingerprint density at radius 1 is 1.06 bits per heavy atom. The second-order valence-electron chi connectivity index (χ2n) is 8.83. The zero-order valence-corrected chi connectivity index (χ0v) is 19.7. The van der Waals surface area contributed by atoms with Gasteiger partial charge in [0, 0.05) is 40.8 Å². The molecule has 0 aliphatic rings. The second kappa shape index (κ2) is 9.68. The summed E-state index contributed by atoms with van der Waals surface area (Å²) in [7, 11) is 0. The summed E-state index contributed by atoms with van der Waals surface area (Å²) in [5.41, 5.74) is 3.32. The van der Waals surface area contributed by atoms with Crippen LogP contribution in [-0.2, 0) is 13.0 Å². The quantitative estimate of drug-likeness (QED) is 0.390. The van der Waals surface area contributed by atoms with Gasteiger partial charge in [-0.15, -0.1) is 0 Å². The minimum absolute atomic E-state index is 0.434. The number of pyridine rings is 1. The Hall–Kier alpha value is -3.29. The normalized spacial score (nSPS) is 12.6. The Morgan fingerprint density at radius 3 is 2.61 bits per heavy atom. The van der Waals surface area contributed by atoms with Gasteiger partial charge in [0.15, 0.2) is 0 Å². The van der Waals surface area contributed by atoms with Crippen LogP contribution in [0.2, 0.25) is 0 Å². The number of hydrogen-bond donors (Lipinski definition) is 2. The van der Waals surface area contributed by atoms with E-state index in [9.17, 15) is 5.11 Å². The Labute approximate surface area is 198 Å². The SMILES string of the molecule is CC(Cc1cncnc1)=C(Cl)CNc1cc2cc(-c3cnn(CC(C)(C)O)c3)ccc2cn1. The Morgan fingerprint density at radius 2 is 1.85 bits per heavy atom. The number of nitrogens with one attached hydrogen (secondary N) is 1. The first kappa shape index (κ1) is 22.9. The Bertz CT molecular complexity index is 1280. The van der Waals surface area contributed by atoms with Crippen molar-refractivity contribution in [1.29, 1.82) is 0 Å². The molecule has 0 fully saturated rings. The number of fused-ring (bicyclic) bond motifs is 1. The van der Waals surface area contributed by atoms with E-state index in [-0.39, 0.29) is 0 Å². The maximum atomic E-state index is 10.0. The van der Waals surface area contributed by atoms with Crippen molar-refractivity contribution in [3.8, 4) is 11.1 Å². The zero-order valence-electron chi connectivity index (χ0n) is 19.0. The second-order valence-corrected chi connectivity index (χ2v) is 9.29. The van der Waals surface area contributed by atoms with Crippen molar-refractivity contribution in [3.05, 3.63) is 77.7 Å². The van der Waals surface area contributed by atoms with Crippen molar-refractivity contribution in [1.82, 2.24) is 24.7 Å². The maximum absolute atomic E-state index is 10.0. The molecule has 0 radical (unpaired) electrons. The van der Waals surface area contributed by atoms with Gasteiger partial charge in [0.05, 0.1) is 24.9 Å². The van der Waals surface area contributed by atoms with Crippen molar-refractivity contribution in [2.45, 2.75) is 39.3 Å². The minimum atomic E-state index is -0.818. The van der Waals surface area contributed by atoms with Gasteiger partial charge in [-0.2, -0.15) is 5.10 Å². The summed E-state index contributed by atoms with van der Waals surface area (Å²) < 4.78 is 1.76.